The van der Waals surface area contributed by atoms with Crippen molar-refractivity contribution in [1.29, 1.82) is 0 Å². The lowest BCUT2D eigenvalue weighted by atomic mass is 10.2. The van der Waals surface area contributed by atoms with E-state index in [1.165, 1.54) is 19.2 Å². The van der Waals surface area contributed by atoms with Gasteiger partial charge in [-0.1, -0.05) is 6.07 Å². The van der Waals surface area contributed by atoms with Crippen LogP contribution in [-0.2, 0) is 9.53 Å². The molecule has 0 fully saturated rings. The molecule has 2 rings (SSSR count). The number of anilines is 1. The minimum Gasteiger partial charge on any atom is -0.493 e. The summed E-state index contributed by atoms with van der Waals surface area (Å²) in [7, 11) is 1.25. The molecule has 0 aliphatic carbocycles. The molecule has 1 amide bonds. The van der Waals surface area contributed by atoms with Crippen LogP contribution in [0.2, 0.25) is 0 Å². The number of amides is 1. The van der Waals surface area contributed by atoms with Crippen LogP contribution in [0.25, 0.3) is 0 Å². The van der Waals surface area contributed by atoms with Gasteiger partial charge < -0.3 is 19.5 Å². The van der Waals surface area contributed by atoms with Crippen LogP contribution >= 0.6 is 15.9 Å². The van der Waals surface area contributed by atoms with Crippen LogP contribution in [-0.4, -0.2) is 32.2 Å². The number of halogens is 3. The molecule has 0 spiro atoms. The van der Waals surface area contributed by atoms with Gasteiger partial charge in [0.2, 0.25) is 0 Å². The first kappa shape index (κ1) is 20.6. The van der Waals surface area contributed by atoms with E-state index in [0.717, 1.165) is 11.6 Å². The Balaban J connectivity index is 1.97. The van der Waals surface area contributed by atoms with Crippen molar-refractivity contribution in [2.45, 2.75) is 13.5 Å². The Labute approximate surface area is 162 Å². The molecule has 0 heterocycles. The molecule has 0 bridgehead atoms. The Kier molecular flexibility index (Phi) is 7.12. The summed E-state index contributed by atoms with van der Waals surface area (Å²) in [6.45, 7) is -1.64. The van der Waals surface area contributed by atoms with Crippen molar-refractivity contribution in [3.8, 4) is 11.5 Å². The number of carbonyl (C=O) groups is 2. The van der Waals surface area contributed by atoms with Crippen LogP contribution in [0.1, 0.15) is 15.9 Å². The average molecular weight is 444 g/mol. The zero-order valence-electron chi connectivity index (χ0n) is 14.4. The molecule has 0 aromatic heterocycles. The monoisotopic (exact) mass is 443 g/mol. The van der Waals surface area contributed by atoms with Crippen LogP contribution in [0, 0.1) is 6.92 Å². The zero-order valence-corrected chi connectivity index (χ0v) is 16.0. The molecule has 144 valence electrons. The van der Waals surface area contributed by atoms with Gasteiger partial charge in [-0.2, -0.15) is 8.78 Å². The number of carbonyl (C=O) groups excluding carboxylic acids is 2. The lowest BCUT2D eigenvalue weighted by Gasteiger charge is -2.11. The largest absolute Gasteiger partial charge is 0.493 e. The van der Waals surface area contributed by atoms with Gasteiger partial charge in [-0.15, -0.1) is 0 Å². The fourth-order valence-electron chi connectivity index (χ4n) is 2.11. The highest BCUT2D eigenvalue weighted by Crippen LogP contribution is 2.29. The maximum absolute atomic E-state index is 12.3. The van der Waals surface area contributed by atoms with Crippen molar-refractivity contribution in [2.75, 3.05) is 19.0 Å². The Morgan fingerprint density at radius 1 is 1.15 bits per heavy atom. The third-order valence-electron chi connectivity index (χ3n) is 3.35. The van der Waals surface area contributed by atoms with E-state index >= 15 is 0 Å². The minimum absolute atomic E-state index is 0.0257. The summed E-state index contributed by atoms with van der Waals surface area (Å²) < 4.78 is 39.5. The average Bonchev–Trinajstić information content (AvgIpc) is 2.62. The molecular weight excluding hydrogens is 428 g/mol. The molecule has 0 atom stereocenters. The second kappa shape index (κ2) is 9.31. The van der Waals surface area contributed by atoms with Crippen LogP contribution in [0.3, 0.4) is 0 Å². The number of nitrogens with one attached hydrogen (secondary N) is 1. The molecule has 9 heteroatoms. The fourth-order valence-corrected chi connectivity index (χ4v) is 2.70. The number of methoxy groups -OCH3 is 1. The molecule has 2 aromatic carbocycles. The summed E-state index contributed by atoms with van der Waals surface area (Å²) in [6.07, 6.45) is 0. The van der Waals surface area contributed by atoms with Crippen molar-refractivity contribution >= 4 is 33.5 Å². The quantitative estimate of drug-likeness (QED) is 0.650. The van der Waals surface area contributed by atoms with Gasteiger partial charge in [0.15, 0.2) is 18.1 Å². The summed E-state index contributed by atoms with van der Waals surface area (Å²) in [5.41, 5.74) is 1.58. The van der Waals surface area contributed by atoms with Gasteiger partial charge in [0.1, 0.15) is 0 Å². The van der Waals surface area contributed by atoms with Crippen molar-refractivity contribution in [3.63, 3.8) is 0 Å². The summed E-state index contributed by atoms with van der Waals surface area (Å²) in [4.78, 5) is 24.0. The van der Waals surface area contributed by atoms with Gasteiger partial charge in [0.05, 0.1) is 18.4 Å². The molecule has 0 aliphatic rings. The van der Waals surface area contributed by atoms with E-state index in [1.807, 2.05) is 19.1 Å². The molecule has 0 aliphatic heterocycles. The van der Waals surface area contributed by atoms with E-state index < -0.39 is 25.1 Å². The van der Waals surface area contributed by atoms with Crippen molar-refractivity contribution < 1.29 is 32.6 Å². The van der Waals surface area contributed by atoms with Crippen LogP contribution < -0.4 is 14.8 Å². The van der Waals surface area contributed by atoms with Crippen molar-refractivity contribution in [2.24, 2.45) is 0 Å². The van der Waals surface area contributed by atoms with Gasteiger partial charge in [-0.05, 0) is 58.7 Å². The first-order chi connectivity index (χ1) is 12.8. The standard InChI is InChI=1S/C18H16BrF2NO5/c1-10-3-5-13(12(19)7-10)22-16(23)9-26-17(24)11-4-6-14(27-18(20)21)15(8-11)25-2/h3-8,18H,9H2,1-2H3,(H,22,23). The highest BCUT2D eigenvalue weighted by atomic mass is 79.9. The van der Waals surface area contributed by atoms with E-state index in [0.29, 0.717) is 10.2 Å². The molecule has 0 saturated carbocycles. The van der Waals surface area contributed by atoms with E-state index in [4.69, 9.17) is 9.47 Å². The van der Waals surface area contributed by atoms with Crippen LogP contribution in [0.5, 0.6) is 11.5 Å². The number of hydrogen-bond donors (Lipinski definition) is 1. The minimum atomic E-state index is -3.03. The fraction of sp³-hybridized carbons (Fsp3) is 0.222. The number of benzene rings is 2. The van der Waals surface area contributed by atoms with Crippen molar-refractivity contribution in [1.82, 2.24) is 0 Å². The summed E-state index contributed by atoms with van der Waals surface area (Å²) in [6, 6.07) is 8.95. The van der Waals surface area contributed by atoms with Gasteiger partial charge in [-0.3, -0.25) is 4.79 Å². The van der Waals surface area contributed by atoms with E-state index in [1.54, 1.807) is 6.07 Å². The maximum atomic E-state index is 12.3. The lowest BCUT2D eigenvalue weighted by Crippen LogP contribution is -2.21. The number of aryl methyl sites for hydroxylation is 1. The number of alkyl halides is 2. The predicted molar refractivity (Wildman–Crippen MR) is 97.4 cm³/mol. The summed E-state index contributed by atoms with van der Waals surface area (Å²) in [5.74, 6) is -1.61. The number of rotatable bonds is 7. The first-order valence-electron chi connectivity index (χ1n) is 7.66. The summed E-state index contributed by atoms with van der Waals surface area (Å²) in [5, 5.41) is 2.61. The number of esters is 1. The maximum Gasteiger partial charge on any atom is 0.387 e. The molecule has 1 N–H and O–H groups in total. The zero-order chi connectivity index (χ0) is 20.0. The normalized spacial score (nSPS) is 10.4. The van der Waals surface area contributed by atoms with Crippen molar-refractivity contribution in [3.05, 3.63) is 52.0 Å². The number of ether oxygens (including phenoxy) is 3. The second-order valence-electron chi connectivity index (χ2n) is 5.35. The predicted octanol–water partition coefficient (Wildman–Crippen LogP) is 4.16. The number of hydrogen-bond acceptors (Lipinski definition) is 5. The highest BCUT2D eigenvalue weighted by molar-refractivity contribution is 9.10. The van der Waals surface area contributed by atoms with E-state index in [9.17, 15) is 18.4 Å². The Hall–Kier alpha value is -2.68. The van der Waals surface area contributed by atoms with Gasteiger partial charge in [-0.25, -0.2) is 4.79 Å². The Bertz CT molecular complexity index is 844. The second-order valence-corrected chi connectivity index (χ2v) is 6.21. The third-order valence-corrected chi connectivity index (χ3v) is 4.00. The molecule has 27 heavy (non-hydrogen) atoms. The summed E-state index contributed by atoms with van der Waals surface area (Å²) >= 11 is 3.33. The first-order valence-corrected chi connectivity index (χ1v) is 8.45. The van der Waals surface area contributed by atoms with Gasteiger partial charge in [0, 0.05) is 4.47 Å². The Morgan fingerprint density at radius 3 is 2.52 bits per heavy atom. The molecule has 0 radical (unpaired) electrons. The molecule has 2 aromatic rings. The molecule has 0 unspecified atom stereocenters. The van der Waals surface area contributed by atoms with Crippen LogP contribution in [0.15, 0.2) is 40.9 Å². The van der Waals surface area contributed by atoms with Gasteiger partial charge >= 0.3 is 12.6 Å². The smallest absolute Gasteiger partial charge is 0.387 e. The molecule has 6 nitrogen and oxygen atoms in total. The molecular formula is C18H16BrF2NO5. The van der Waals surface area contributed by atoms with E-state index in [-0.39, 0.29) is 17.1 Å². The molecule has 0 saturated heterocycles. The SMILES string of the molecule is COc1cc(C(=O)OCC(=O)Nc2ccc(C)cc2Br)ccc1OC(F)F. The van der Waals surface area contributed by atoms with E-state index in [2.05, 4.69) is 26.0 Å². The van der Waals surface area contributed by atoms with Gasteiger partial charge in [0.25, 0.3) is 5.91 Å². The topological polar surface area (TPSA) is 73.9 Å². The van der Waals surface area contributed by atoms with Crippen LogP contribution in [0.4, 0.5) is 14.5 Å². The lowest BCUT2D eigenvalue weighted by molar-refractivity contribution is -0.119. The third kappa shape index (κ3) is 5.92. The highest BCUT2D eigenvalue weighted by Gasteiger charge is 2.16. The Morgan fingerprint density at radius 2 is 1.89 bits per heavy atom.